The van der Waals surface area contributed by atoms with Crippen LogP contribution in [0.15, 0.2) is 36.4 Å². The largest absolute Gasteiger partial charge is 0.294 e. The molecule has 0 aliphatic heterocycles. The van der Waals surface area contributed by atoms with Crippen LogP contribution < -0.4 is 0 Å². The van der Waals surface area contributed by atoms with Crippen molar-refractivity contribution in [3.8, 4) is 11.8 Å². The van der Waals surface area contributed by atoms with Crippen molar-refractivity contribution in [2.75, 3.05) is 0 Å². The van der Waals surface area contributed by atoms with Crippen molar-refractivity contribution in [2.24, 2.45) is 0 Å². The van der Waals surface area contributed by atoms with Gasteiger partial charge in [0.1, 0.15) is 0 Å². The second-order valence-corrected chi connectivity index (χ2v) is 5.38. The van der Waals surface area contributed by atoms with Gasteiger partial charge in [0.2, 0.25) is 0 Å². The zero-order valence-corrected chi connectivity index (χ0v) is 11.9. The molecule has 0 saturated heterocycles. The maximum absolute atomic E-state index is 11.6. The molecule has 0 heterocycles. The van der Waals surface area contributed by atoms with Crippen LogP contribution in [0.5, 0.6) is 0 Å². The second-order valence-electron chi connectivity index (χ2n) is 4.98. The summed E-state index contributed by atoms with van der Waals surface area (Å²) in [6.07, 6.45) is 1.45. The van der Waals surface area contributed by atoms with E-state index in [1.54, 1.807) is 0 Å². The topological polar surface area (TPSA) is 17.1 Å². The fraction of sp³-hybridized carbons (Fsp3) is 0.167. The Kier molecular flexibility index (Phi) is 3.34. The van der Waals surface area contributed by atoms with Gasteiger partial charge in [-0.05, 0) is 48.7 Å². The molecule has 0 N–H and O–H groups in total. The minimum absolute atomic E-state index is 0.237. The molecule has 1 aliphatic rings. The highest BCUT2D eigenvalue weighted by atomic mass is 35.5. The smallest absolute Gasteiger partial charge is 0.163 e. The van der Waals surface area contributed by atoms with Crippen LogP contribution in [0, 0.1) is 18.8 Å². The first-order chi connectivity index (χ1) is 9.65. The minimum Gasteiger partial charge on any atom is -0.294 e. The molecule has 0 atom stereocenters. The Balaban J connectivity index is 1.97. The van der Waals surface area contributed by atoms with E-state index < -0.39 is 0 Å². The highest BCUT2D eigenvalue weighted by Crippen LogP contribution is 2.23. The van der Waals surface area contributed by atoms with Crippen LogP contribution in [-0.2, 0) is 6.42 Å². The number of carbonyl (C=O) groups is 1. The first-order valence-corrected chi connectivity index (χ1v) is 6.96. The van der Waals surface area contributed by atoms with Gasteiger partial charge in [0, 0.05) is 23.1 Å². The number of ketones is 1. The standard InChI is InChI=1S/C18H13ClO/c1-12-3-2-4-17(19)15(12)8-5-13-6-9-16-14(11-13)7-10-18(16)20/h2-4,6,9,11H,7,10H2,1H3. The van der Waals surface area contributed by atoms with E-state index in [1.165, 1.54) is 0 Å². The SMILES string of the molecule is Cc1cccc(Cl)c1C#Cc1ccc2c(c1)CCC2=O. The summed E-state index contributed by atoms with van der Waals surface area (Å²) in [7, 11) is 0. The summed E-state index contributed by atoms with van der Waals surface area (Å²) in [5, 5.41) is 0.675. The number of halogens is 1. The molecule has 0 saturated carbocycles. The number of benzene rings is 2. The maximum Gasteiger partial charge on any atom is 0.163 e. The van der Waals surface area contributed by atoms with Crippen LogP contribution in [-0.4, -0.2) is 5.78 Å². The summed E-state index contributed by atoms with van der Waals surface area (Å²) in [6, 6.07) is 11.6. The fourth-order valence-corrected chi connectivity index (χ4v) is 2.73. The average molecular weight is 281 g/mol. The van der Waals surface area contributed by atoms with Crippen molar-refractivity contribution in [2.45, 2.75) is 19.8 Å². The van der Waals surface area contributed by atoms with Gasteiger partial charge in [-0.2, -0.15) is 0 Å². The lowest BCUT2D eigenvalue weighted by atomic mass is 10.1. The van der Waals surface area contributed by atoms with Gasteiger partial charge in [-0.25, -0.2) is 0 Å². The van der Waals surface area contributed by atoms with Gasteiger partial charge in [0.15, 0.2) is 5.78 Å². The van der Waals surface area contributed by atoms with Crippen molar-refractivity contribution in [3.05, 3.63) is 69.2 Å². The van der Waals surface area contributed by atoms with E-state index in [-0.39, 0.29) is 5.78 Å². The van der Waals surface area contributed by atoms with Crippen LogP contribution in [0.1, 0.15) is 39.0 Å². The summed E-state index contributed by atoms with van der Waals surface area (Å²) in [6.45, 7) is 2.00. The van der Waals surface area contributed by atoms with E-state index in [4.69, 9.17) is 11.6 Å². The summed E-state index contributed by atoms with van der Waals surface area (Å²) < 4.78 is 0. The molecule has 0 spiro atoms. The van der Waals surface area contributed by atoms with Crippen molar-refractivity contribution in [1.82, 2.24) is 0 Å². The van der Waals surface area contributed by atoms with Crippen molar-refractivity contribution < 1.29 is 4.79 Å². The first kappa shape index (κ1) is 13.0. The van der Waals surface area contributed by atoms with Crippen LogP contribution >= 0.6 is 11.6 Å². The Morgan fingerprint density at radius 2 is 1.95 bits per heavy atom. The Morgan fingerprint density at radius 1 is 1.10 bits per heavy atom. The highest BCUT2D eigenvalue weighted by Gasteiger charge is 2.18. The number of Topliss-reactive ketones (excluding diaryl/α,β-unsaturated/α-hetero) is 1. The van der Waals surface area contributed by atoms with Gasteiger partial charge < -0.3 is 0 Å². The molecule has 0 unspecified atom stereocenters. The number of fused-ring (bicyclic) bond motifs is 1. The Labute approximate surface area is 123 Å². The summed E-state index contributed by atoms with van der Waals surface area (Å²) in [4.78, 5) is 11.6. The first-order valence-electron chi connectivity index (χ1n) is 6.58. The number of aryl methyl sites for hydroxylation is 2. The minimum atomic E-state index is 0.237. The van der Waals surface area contributed by atoms with E-state index in [1.807, 2.05) is 43.3 Å². The van der Waals surface area contributed by atoms with Gasteiger partial charge in [-0.3, -0.25) is 4.79 Å². The number of hydrogen-bond acceptors (Lipinski definition) is 1. The molecule has 0 amide bonds. The molecule has 0 aromatic heterocycles. The summed E-state index contributed by atoms with van der Waals surface area (Å²) >= 11 is 6.16. The number of carbonyl (C=O) groups excluding carboxylic acids is 1. The normalized spacial score (nSPS) is 12.8. The Hall–Kier alpha value is -2.04. The predicted molar refractivity (Wildman–Crippen MR) is 81.3 cm³/mol. The zero-order chi connectivity index (χ0) is 14.1. The van der Waals surface area contributed by atoms with Gasteiger partial charge in [-0.1, -0.05) is 35.6 Å². The molecule has 20 heavy (non-hydrogen) atoms. The molecule has 0 bridgehead atoms. The van der Waals surface area contributed by atoms with Gasteiger partial charge >= 0.3 is 0 Å². The number of hydrogen-bond donors (Lipinski definition) is 0. The van der Waals surface area contributed by atoms with Crippen LogP contribution in [0.3, 0.4) is 0 Å². The molecular formula is C18H13ClO. The lowest BCUT2D eigenvalue weighted by molar-refractivity contribution is 0.0994. The third kappa shape index (κ3) is 2.35. The van der Waals surface area contributed by atoms with E-state index in [2.05, 4.69) is 11.8 Å². The zero-order valence-electron chi connectivity index (χ0n) is 11.2. The molecule has 2 aromatic rings. The Morgan fingerprint density at radius 3 is 2.75 bits per heavy atom. The van der Waals surface area contributed by atoms with Crippen LogP contribution in [0.4, 0.5) is 0 Å². The molecular weight excluding hydrogens is 268 g/mol. The third-order valence-corrected chi connectivity index (χ3v) is 3.90. The van der Waals surface area contributed by atoms with E-state index in [9.17, 15) is 4.79 Å². The predicted octanol–water partition coefficient (Wildman–Crippen LogP) is 4.18. The molecule has 2 aromatic carbocycles. The molecule has 1 nitrogen and oxygen atoms in total. The van der Waals surface area contributed by atoms with E-state index in [0.29, 0.717) is 11.4 Å². The molecule has 1 aliphatic carbocycles. The lowest BCUT2D eigenvalue weighted by Crippen LogP contribution is -1.91. The monoisotopic (exact) mass is 280 g/mol. The van der Waals surface area contributed by atoms with E-state index >= 15 is 0 Å². The second kappa shape index (κ2) is 5.15. The van der Waals surface area contributed by atoms with Crippen molar-refractivity contribution in [3.63, 3.8) is 0 Å². The van der Waals surface area contributed by atoms with E-state index in [0.717, 1.165) is 34.2 Å². The van der Waals surface area contributed by atoms with Gasteiger partial charge in [0.25, 0.3) is 0 Å². The third-order valence-electron chi connectivity index (χ3n) is 3.58. The van der Waals surface area contributed by atoms with Gasteiger partial charge in [-0.15, -0.1) is 0 Å². The lowest BCUT2D eigenvalue weighted by Gasteiger charge is -2.00. The number of rotatable bonds is 0. The molecule has 0 radical (unpaired) electrons. The highest BCUT2D eigenvalue weighted by molar-refractivity contribution is 6.31. The molecule has 2 heteroatoms. The van der Waals surface area contributed by atoms with Crippen LogP contribution in [0.25, 0.3) is 0 Å². The molecule has 98 valence electrons. The fourth-order valence-electron chi connectivity index (χ4n) is 2.46. The molecule has 3 rings (SSSR count). The quantitative estimate of drug-likeness (QED) is 0.662. The van der Waals surface area contributed by atoms with Crippen LogP contribution in [0.2, 0.25) is 5.02 Å². The summed E-state index contributed by atoms with van der Waals surface area (Å²) in [5.74, 6) is 6.51. The van der Waals surface area contributed by atoms with Crippen molar-refractivity contribution >= 4 is 17.4 Å². The molecule has 0 fully saturated rings. The Bertz CT molecular complexity index is 742. The maximum atomic E-state index is 11.6. The average Bonchev–Trinajstić information content (AvgIpc) is 2.79. The van der Waals surface area contributed by atoms with Crippen molar-refractivity contribution in [1.29, 1.82) is 0 Å². The van der Waals surface area contributed by atoms with Gasteiger partial charge in [0.05, 0.1) is 5.02 Å². The summed E-state index contributed by atoms with van der Waals surface area (Å²) in [5.41, 5.74) is 4.83.